The highest BCUT2D eigenvalue weighted by molar-refractivity contribution is 5.72. The molecule has 0 spiro atoms. The quantitative estimate of drug-likeness (QED) is 0.782. The number of nitrogens with zero attached hydrogens (tertiary/aromatic N) is 1. The van der Waals surface area contributed by atoms with Gasteiger partial charge in [-0.1, -0.05) is 12.1 Å². The standard InChI is InChI=1S/C17H27NO3/c1-12-8-14(9-13(2)16(12)20-7)10-18(6)11-15(19)21-17(3,4)5/h8-9H,10-11H2,1-7H3. The fourth-order valence-electron chi connectivity index (χ4n) is 2.41. The van der Waals surface area contributed by atoms with Crippen molar-refractivity contribution in [2.45, 2.75) is 46.8 Å². The van der Waals surface area contributed by atoms with Crippen molar-refractivity contribution in [2.75, 3.05) is 20.7 Å². The fourth-order valence-corrected chi connectivity index (χ4v) is 2.41. The molecule has 21 heavy (non-hydrogen) atoms. The van der Waals surface area contributed by atoms with Gasteiger partial charge in [-0.3, -0.25) is 9.69 Å². The van der Waals surface area contributed by atoms with Crippen molar-refractivity contribution in [2.24, 2.45) is 0 Å². The predicted molar refractivity (Wildman–Crippen MR) is 84.6 cm³/mol. The van der Waals surface area contributed by atoms with Crippen LogP contribution >= 0.6 is 0 Å². The van der Waals surface area contributed by atoms with Crippen LogP contribution in [0.4, 0.5) is 0 Å². The van der Waals surface area contributed by atoms with E-state index >= 15 is 0 Å². The summed E-state index contributed by atoms with van der Waals surface area (Å²) < 4.78 is 10.7. The number of aryl methyl sites for hydroxylation is 2. The monoisotopic (exact) mass is 293 g/mol. The first-order chi connectivity index (χ1) is 9.62. The molecule has 0 amide bonds. The lowest BCUT2D eigenvalue weighted by molar-refractivity contribution is -0.155. The molecule has 0 atom stereocenters. The van der Waals surface area contributed by atoms with Crippen LogP contribution in [0.5, 0.6) is 5.75 Å². The average molecular weight is 293 g/mol. The summed E-state index contributed by atoms with van der Waals surface area (Å²) in [6.07, 6.45) is 0. The highest BCUT2D eigenvalue weighted by Crippen LogP contribution is 2.24. The van der Waals surface area contributed by atoms with Gasteiger partial charge in [0.2, 0.25) is 0 Å². The van der Waals surface area contributed by atoms with E-state index in [1.165, 1.54) is 0 Å². The van der Waals surface area contributed by atoms with Crippen LogP contribution in [-0.2, 0) is 16.1 Å². The van der Waals surface area contributed by atoms with Gasteiger partial charge in [0.1, 0.15) is 11.4 Å². The summed E-state index contributed by atoms with van der Waals surface area (Å²) in [6, 6.07) is 4.19. The van der Waals surface area contributed by atoms with Crippen LogP contribution in [0, 0.1) is 13.8 Å². The smallest absolute Gasteiger partial charge is 0.320 e. The van der Waals surface area contributed by atoms with Crippen molar-refractivity contribution < 1.29 is 14.3 Å². The molecule has 0 saturated carbocycles. The van der Waals surface area contributed by atoms with Gasteiger partial charge in [0, 0.05) is 6.54 Å². The summed E-state index contributed by atoms with van der Waals surface area (Å²) in [5.41, 5.74) is 2.94. The fraction of sp³-hybridized carbons (Fsp3) is 0.588. The van der Waals surface area contributed by atoms with E-state index in [4.69, 9.17) is 9.47 Å². The molecule has 0 aromatic heterocycles. The molecule has 0 fully saturated rings. The lowest BCUT2D eigenvalue weighted by atomic mass is 10.1. The molecule has 1 aromatic carbocycles. The molecule has 118 valence electrons. The zero-order valence-corrected chi connectivity index (χ0v) is 14.2. The van der Waals surface area contributed by atoms with E-state index in [1.807, 2.05) is 46.6 Å². The molecule has 0 radical (unpaired) electrons. The van der Waals surface area contributed by atoms with E-state index in [1.54, 1.807) is 7.11 Å². The predicted octanol–water partition coefficient (Wildman–Crippen LogP) is 3.09. The Kier molecular flexibility index (Phi) is 5.78. The van der Waals surface area contributed by atoms with Gasteiger partial charge in [0.05, 0.1) is 13.7 Å². The summed E-state index contributed by atoms with van der Waals surface area (Å²) in [6.45, 7) is 10.7. The van der Waals surface area contributed by atoms with Crippen LogP contribution in [0.15, 0.2) is 12.1 Å². The Morgan fingerprint density at radius 1 is 1.19 bits per heavy atom. The minimum Gasteiger partial charge on any atom is -0.496 e. The van der Waals surface area contributed by atoms with Crippen molar-refractivity contribution in [3.05, 3.63) is 28.8 Å². The lowest BCUT2D eigenvalue weighted by Crippen LogP contribution is -2.32. The molecule has 0 aliphatic carbocycles. The normalized spacial score (nSPS) is 11.6. The SMILES string of the molecule is COc1c(C)cc(CN(C)CC(=O)OC(C)(C)C)cc1C. The number of hydrogen-bond donors (Lipinski definition) is 0. The van der Waals surface area contributed by atoms with Crippen LogP contribution < -0.4 is 4.74 Å². The third kappa shape index (κ3) is 5.76. The summed E-state index contributed by atoms with van der Waals surface area (Å²) in [5.74, 6) is 0.723. The van der Waals surface area contributed by atoms with Crippen LogP contribution in [0.1, 0.15) is 37.5 Å². The van der Waals surface area contributed by atoms with Crippen LogP contribution in [-0.4, -0.2) is 37.2 Å². The number of ether oxygens (including phenoxy) is 2. The molecule has 4 heteroatoms. The summed E-state index contributed by atoms with van der Waals surface area (Å²) in [4.78, 5) is 13.8. The number of likely N-dealkylation sites (N-methyl/N-ethyl adjacent to an activating group) is 1. The molecule has 0 aliphatic heterocycles. The van der Waals surface area contributed by atoms with Crippen LogP contribution in [0.25, 0.3) is 0 Å². The molecule has 0 unspecified atom stereocenters. The zero-order valence-electron chi connectivity index (χ0n) is 14.2. The molecule has 1 aromatic rings. The van der Waals surface area contributed by atoms with Crippen molar-refractivity contribution in [1.29, 1.82) is 0 Å². The van der Waals surface area contributed by atoms with Crippen LogP contribution in [0.2, 0.25) is 0 Å². The lowest BCUT2D eigenvalue weighted by Gasteiger charge is -2.22. The maximum absolute atomic E-state index is 11.8. The zero-order chi connectivity index (χ0) is 16.2. The van der Waals surface area contributed by atoms with Gasteiger partial charge in [-0.2, -0.15) is 0 Å². The van der Waals surface area contributed by atoms with Gasteiger partial charge < -0.3 is 9.47 Å². The second-order valence-electron chi connectivity index (χ2n) is 6.52. The average Bonchev–Trinajstić information content (AvgIpc) is 2.24. The van der Waals surface area contributed by atoms with E-state index in [0.717, 1.165) is 22.4 Å². The number of esters is 1. The highest BCUT2D eigenvalue weighted by Gasteiger charge is 2.17. The minimum atomic E-state index is -0.439. The Hall–Kier alpha value is -1.55. The largest absolute Gasteiger partial charge is 0.496 e. The van der Waals surface area contributed by atoms with Gasteiger partial charge in [0.25, 0.3) is 0 Å². The van der Waals surface area contributed by atoms with E-state index in [9.17, 15) is 4.79 Å². The van der Waals surface area contributed by atoms with Gasteiger partial charge in [0.15, 0.2) is 0 Å². The molecule has 4 nitrogen and oxygen atoms in total. The van der Waals surface area contributed by atoms with Crippen molar-refractivity contribution in [3.8, 4) is 5.75 Å². The first-order valence-electron chi connectivity index (χ1n) is 7.17. The Balaban J connectivity index is 2.67. The molecule has 0 N–H and O–H groups in total. The second-order valence-corrected chi connectivity index (χ2v) is 6.52. The Morgan fingerprint density at radius 3 is 2.14 bits per heavy atom. The van der Waals surface area contributed by atoms with Gasteiger partial charge in [-0.05, 0) is 58.4 Å². The van der Waals surface area contributed by atoms with Gasteiger partial charge >= 0.3 is 5.97 Å². The van der Waals surface area contributed by atoms with E-state index < -0.39 is 5.60 Å². The molecular weight excluding hydrogens is 266 g/mol. The molecule has 0 bridgehead atoms. The molecular formula is C17H27NO3. The molecule has 0 heterocycles. The van der Waals surface area contributed by atoms with Gasteiger partial charge in [-0.15, -0.1) is 0 Å². The third-order valence-electron chi connectivity index (χ3n) is 3.00. The number of hydrogen-bond acceptors (Lipinski definition) is 4. The summed E-state index contributed by atoms with van der Waals surface area (Å²) in [5, 5.41) is 0. The number of carbonyl (C=O) groups is 1. The maximum Gasteiger partial charge on any atom is 0.320 e. The first-order valence-corrected chi connectivity index (χ1v) is 7.17. The third-order valence-corrected chi connectivity index (χ3v) is 3.00. The summed E-state index contributed by atoms with van der Waals surface area (Å²) in [7, 11) is 3.60. The number of carbonyl (C=O) groups excluding carboxylic acids is 1. The second kappa shape index (κ2) is 6.94. The van der Waals surface area contributed by atoms with Crippen molar-refractivity contribution >= 4 is 5.97 Å². The number of rotatable bonds is 5. The Labute approximate surface area is 128 Å². The number of benzene rings is 1. The van der Waals surface area contributed by atoms with Crippen LogP contribution in [0.3, 0.4) is 0 Å². The summed E-state index contributed by atoms with van der Waals surface area (Å²) >= 11 is 0. The molecule has 0 aliphatic rings. The van der Waals surface area contributed by atoms with E-state index in [2.05, 4.69) is 12.1 Å². The minimum absolute atomic E-state index is 0.202. The van der Waals surface area contributed by atoms with Gasteiger partial charge in [-0.25, -0.2) is 0 Å². The van der Waals surface area contributed by atoms with Crippen molar-refractivity contribution in [3.63, 3.8) is 0 Å². The number of methoxy groups -OCH3 is 1. The first kappa shape index (κ1) is 17.5. The molecule has 1 rings (SSSR count). The Morgan fingerprint density at radius 2 is 1.71 bits per heavy atom. The maximum atomic E-state index is 11.8. The van der Waals surface area contributed by atoms with E-state index in [-0.39, 0.29) is 12.5 Å². The van der Waals surface area contributed by atoms with E-state index in [0.29, 0.717) is 6.54 Å². The topological polar surface area (TPSA) is 38.8 Å². The van der Waals surface area contributed by atoms with Crippen molar-refractivity contribution in [1.82, 2.24) is 4.90 Å². The molecule has 0 saturated heterocycles. The highest BCUT2D eigenvalue weighted by atomic mass is 16.6. The Bertz CT molecular complexity index is 480.